The molecule has 1 aliphatic rings. The van der Waals surface area contributed by atoms with E-state index < -0.39 is 0 Å². The molecule has 0 saturated heterocycles. The smallest absolute Gasteiger partial charge is 0.0822 e. The van der Waals surface area contributed by atoms with E-state index in [-0.39, 0.29) is 5.41 Å². The highest BCUT2D eigenvalue weighted by Crippen LogP contribution is 2.43. The molecule has 0 atom stereocenters. The maximum Gasteiger partial charge on any atom is 0.0822 e. The van der Waals surface area contributed by atoms with Gasteiger partial charge in [0.05, 0.1) is 11.5 Å². The van der Waals surface area contributed by atoms with Crippen LogP contribution in [0.1, 0.15) is 108 Å². The molecule has 0 bridgehead atoms. The summed E-state index contributed by atoms with van der Waals surface area (Å²) in [6.45, 7) is 4.53. The molecule has 1 aliphatic carbocycles. The van der Waals surface area contributed by atoms with Crippen LogP contribution < -0.4 is 0 Å². The number of nitrogens with zero attached hydrogens (tertiary/aromatic N) is 1. The van der Waals surface area contributed by atoms with Crippen LogP contribution in [0, 0.1) is 17.2 Å². The van der Waals surface area contributed by atoms with Crippen LogP contribution in [0.3, 0.4) is 0 Å². The molecule has 1 nitrogen and oxygen atoms in total. The molecule has 1 saturated carbocycles. The lowest BCUT2D eigenvalue weighted by molar-refractivity contribution is 0.261. The molecule has 1 fully saturated rings. The van der Waals surface area contributed by atoms with Gasteiger partial charge >= 0.3 is 0 Å². The molecule has 0 radical (unpaired) electrons. The van der Waals surface area contributed by atoms with Crippen LogP contribution in [0.2, 0.25) is 0 Å². The monoisotopic (exact) mass is 429 g/mol. The van der Waals surface area contributed by atoms with Gasteiger partial charge in [-0.15, -0.1) is 0 Å². The SMILES string of the molecule is CCCCCCCC1CCC(C#N)(c2ccc(-c3ccc(CCCCC)cc3)cc2)CC1. The van der Waals surface area contributed by atoms with E-state index in [9.17, 15) is 5.26 Å². The van der Waals surface area contributed by atoms with Gasteiger partial charge in [-0.25, -0.2) is 0 Å². The molecule has 0 spiro atoms. The Bertz CT molecular complexity index is 816. The van der Waals surface area contributed by atoms with Crippen LogP contribution in [-0.4, -0.2) is 0 Å². The molecule has 0 heterocycles. The molecule has 0 N–H and O–H groups in total. The standard InChI is InChI=1S/C31H43N/c1-3-5-7-8-10-12-27-21-23-31(25-32,24-22-27)30-19-17-29(18-20-30)28-15-13-26(14-16-28)11-9-6-4-2/h13-20,27H,3-12,21-24H2,1-2H3. The summed E-state index contributed by atoms with van der Waals surface area (Å²) in [7, 11) is 0. The maximum absolute atomic E-state index is 10.1. The van der Waals surface area contributed by atoms with Gasteiger partial charge in [-0.05, 0) is 66.7 Å². The number of hydrogen-bond acceptors (Lipinski definition) is 1. The molecule has 0 aromatic heterocycles. The molecule has 172 valence electrons. The van der Waals surface area contributed by atoms with Crippen molar-refractivity contribution in [3.8, 4) is 17.2 Å². The van der Waals surface area contributed by atoms with E-state index in [2.05, 4.69) is 68.4 Å². The summed E-state index contributed by atoms with van der Waals surface area (Å²) in [5.41, 5.74) is 4.91. The van der Waals surface area contributed by atoms with Crippen LogP contribution >= 0.6 is 0 Å². The van der Waals surface area contributed by atoms with E-state index in [4.69, 9.17) is 0 Å². The highest BCUT2D eigenvalue weighted by molar-refractivity contribution is 5.64. The summed E-state index contributed by atoms with van der Waals surface area (Å²) < 4.78 is 0. The van der Waals surface area contributed by atoms with Crippen molar-refractivity contribution in [1.82, 2.24) is 0 Å². The van der Waals surface area contributed by atoms with Gasteiger partial charge in [-0.2, -0.15) is 5.26 Å². The predicted molar refractivity (Wildman–Crippen MR) is 138 cm³/mol. The average molecular weight is 430 g/mol. The zero-order valence-electron chi connectivity index (χ0n) is 20.5. The third kappa shape index (κ3) is 6.71. The summed E-state index contributed by atoms with van der Waals surface area (Å²) >= 11 is 0. The van der Waals surface area contributed by atoms with Gasteiger partial charge in [-0.3, -0.25) is 0 Å². The predicted octanol–water partition coefficient (Wildman–Crippen LogP) is 9.40. The third-order valence-electron chi connectivity index (χ3n) is 7.68. The largest absolute Gasteiger partial charge is 0.197 e. The van der Waals surface area contributed by atoms with E-state index in [1.807, 2.05) is 0 Å². The fourth-order valence-electron chi connectivity index (χ4n) is 5.39. The molecule has 32 heavy (non-hydrogen) atoms. The van der Waals surface area contributed by atoms with Gasteiger partial charge < -0.3 is 0 Å². The molecule has 3 rings (SSSR count). The maximum atomic E-state index is 10.1. The topological polar surface area (TPSA) is 23.8 Å². The van der Waals surface area contributed by atoms with Crippen molar-refractivity contribution in [2.24, 2.45) is 5.92 Å². The van der Waals surface area contributed by atoms with Crippen LogP contribution in [0.25, 0.3) is 11.1 Å². The molecule has 0 unspecified atom stereocenters. The van der Waals surface area contributed by atoms with Crippen molar-refractivity contribution in [2.75, 3.05) is 0 Å². The zero-order valence-corrected chi connectivity index (χ0v) is 20.5. The number of benzene rings is 2. The van der Waals surface area contributed by atoms with Gasteiger partial charge in [0.15, 0.2) is 0 Å². The Morgan fingerprint density at radius 2 is 1.31 bits per heavy atom. The minimum absolute atomic E-state index is 0.277. The zero-order chi connectivity index (χ0) is 22.7. The first-order valence-electron chi connectivity index (χ1n) is 13.3. The number of unbranched alkanes of at least 4 members (excludes halogenated alkanes) is 6. The lowest BCUT2D eigenvalue weighted by Crippen LogP contribution is -2.30. The lowest BCUT2D eigenvalue weighted by atomic mass is 9.66. The molecule has 2 aromatic carbocycles. The molecule has 1 heteroatoms. The summed E-state index contributed by atoms with van der Waals surface area (Å²) in [6.07, 6.45) is 17.7. The van der Waals surface area contributed by atoms with E-state index in [1.165, 1.54) is 99.3 Å². The van der Waals surface area contributed by atoms with E-state index >= 15 is 0 Å². The second kappa shape index (κ2) is 12.8. The Kier molecular flexibility index (Phi) is 9.86. The van der Waals surface area contributed by atoms with Crippen molar-refractivity contribution < 1.29 is 0 Å². The summed E-state index contributed by atoms with van der Waals surface area (Å²) in [4.78, 5) is 0. The first-order chi connectivity index (χ1) is 15.7. The van der Waals surface area contributed by atoms with E-state index in [0.29, 0.717) is 0 Å². The van der Waals surface area contributed by atoms with Crippen molar-refractivity contribution >= 4 is 0 Å². The van der Waals surface area contributed by atoms with E-state index in [0.717, 1.165) is 18.8 Å². The van der Waals surface area contributed by atoms with Crippen molar-refractivity contribution in [3.63, 3.8) is 0 Å². The fourth-order valence-corrected chi connectivity index (χ4v) is 5.39. The Hall–Kier alpha value is -2.07. The number of nitriles is 1. The quantitative estimate of drug-likeness (QED) is 0.308. The second-order valence-electron chi connectivity index (χ2n) is 10.1. The summed E-state index contributed by atoms with van der Waals surface area (Å²) in [5, 5.41) is 10.1. The van der Waals surface area contributed by atoms with Crippen LogP contribution in [0.15, 0.2) is 48.5 Å². The number of hydrogen-bond donors (Lipinski definition) is 0. The molecule has 2 aromatic rings. The molecular formula is C31H43N. The molecule has 0 amide bonds. The van der Waals surface area contributed by atoms with Crippen LogP contribution in [0.5, 0.6) is 0 Å². The minimum Gasteiger partial charge on any atom is -0.197 e. The van der Waals surface area contributed by atoms with Gasteiger partial charge in [0.1, 0.15) is 0 Å². The normalized spacial score (nSPS) is 20.7. The Labute approximate surface area is 197 Å². The van der Waals surface area contributed by atoms with Gasteiger partial charge in [-0.1, -0.05) is 114 Å². The molecule has 0 aliphatic heterocycles. The Morgan fingerprint density at radius 3 is 1.91 bits per heavy atom. The minimum atomic E-state index is -0.277. The average Bonchev–Trinajstić information content (AvgIpc) is 2.85. The van der Waals surface area contributed by atoms with E-state index in [1.54, 1.807) is 0 Å². The first kappa shape index (κ1) is 24.6. The Balaban J connectivity index is 1.56. The van der Waals surface area contributed by atoms with Crippen molar-refractivity contribution in [1.29, 1.82) is 5.26 Å². The lowest BCUT2D eigenvalue weighted by Gasteiger charge is -2.35. The second-order valence-corrected chi connectivity index (χ2v) is 10.1. The summed E-state index contributed by atoms with van der Waals surface area (Å²) in [5.74, 6) is 0.827. The first-order valence-corrected chi connectivity index (χ1v) is 13.3. The highest BCUT2D eigenvalue weighted by atomic mass is 14.4. The Morgan fingerprint density at radius 1 is 0.750 bits per heavy atom. The summed E-state index contributed by atoms with van der Waals surface area (Å²) in [6, 6.07) is 20.7. The van der Waals surface area contributed by atoms with Gasteiger partial charge in [0.2, 0.25) is 0 Å². The van der Waals surface area contributed by atoms with Crippen LogP contribution in [-0.2, 0) is 11.8 Å². The van der Waals surface area contributed by atoms with Crippen molar-refractivity contribution in [2.45, 2.75) is 109 Å². The highest BCUT2D eigenvalue weighted by Gasteiger charge is 2.36. The van der Waals surface area contributed by atoms with Crippen LogP contribution in [0.4, 0.5) is 0 Å². The third-order valence-corrected chi connectivity index (χ3v) is 7.68. The van der Waals surface area contributed by atoms with Gasteiger partial charge in [0, 0.05) is 0 Å². The fraction of sp³-hybridized carbons (Fsp3) is 0.581. The van der Waals surface area contributed by atoms with Crippen molar-refractivity contribution in [3.05, 3.63) is 59.7 Å². The number of rotatable bonds is 12. The molecular weight excluding hydrogens is 386 g/mol. The van der Waals surface area contributed by atoms with Gasteiger partial charge in [0.25, 0.3) is 0 Å². The number of aryl methyl sites for hydroxylation is 1.